The van der Waals surface area contributed by atoms with Crippen molar-refractivity contribution in [3.8, 4) is 5.75 Å². The lowest BCUT2D eigenvalue weighted by Gasteiger charge is -2.16. The molecule has 1 N–H and O–H groups in total. The van der Waals surface area contributed by atoms with E-state index >= 15 is 0 Å². The second kappa shape index (κ2) is 6.57. The molecule has 94 valence electrons. The van der Waals surface area contributed by atoms with Gasteiger partial charge in [0.1, 0.15) is 5.75 Å². The maximum absolute atomic E-state index is 9.51. The standard InChI is InChI=1S/C13H21NO2Si/c1-17(2,3)16-10-6-9-14-11-12-7-4-5-8-13(12)15/h4-5,7-8,11,15H,6,9-10H2,1-3H3. The largest absolute Gasteiger partial charge is 0.507 e. The Morgan fingerprint density at radius 3 is 2.65 bits per heavy atom. The smallest absolute Gasteiger partial charge is 0.183 e. The van der Waals surface area contributed by atoms with E-state index in [2.05, 4.69) is 24.6 Å². The molecule has 1 rings (SSSR count). The molecule has 0 heterocycles. The summed E-state index contributed by atoms with van der Waals surface area (Å²) in [5.41, 5.74) is 0.763. The highest BCUT2D eigenvalue weighted by Crippen LogP contribution is 2.12. The van der Waals surface area contributed by atoms with Gasteiger partial charge in [0.15, 0.2) is 8.32 Å². The highest BCUT2D eigenvalue weighted by Gasteiger charge is 2.12. The first-order chi connectivity index (χ1) is 7.99. The van der Waals surface area contributed by atoms with Crippen LogP contribution in [-0.4, -0.2) is 32.8 Å². The average molecular weight is 251 g/mol. The third-order valence-electron chi connectivity index (χ3n) is 2.13. The SMILES string of the molecule is C[Si](C)(C)OCCCN=Cc1ccccc1O. The molecule has 0 saturated carbocycles. The van der Waals surface area contributed by atoms with E-state index in [1.54, 1.807) is 18.3 Å². The normalized spacial score (nSPS) is 12.2. The predicted octanol–water partition coefficient (Wildman–Crippen LogP) is 3.05. The minimum Gasteiger partial charge on any atom is -0.507 e. The van der Waals surface area contributed by atoms with Gasteiger partial charge in [0.25, 0.3) is 0 Å². The van der Waals surface area contributed by atoms with Gasteiger partial charge in [-0.2, -0.15) is 0 Å². The zero-order valence-corrected chi connectivity index (χ0v) is 11.8. The van der Waals surface area contributed by atoms with Crippen LogP contribution in [0.3, 0.4) is 0 Å². The van der Waals surface area contributed by atoms with Crippen molar-refractivity contribution >= 4 is 14.5 Å². The molecule has 4 heteroatoms. The quantitative estimate of drug-likeness (QED) is 0.479. The van der Waals surface area contributed by atoms with Crippen LogP contribution in [0.1, 0.15) is 12.0 Å². The molecule has 1 aromatic rings. The number of phenolic OH excluding ortho intramolecular Hbond substituents is 1. The van der Waals surface area contributed by atoms with E-state index < -0.39 is 8.32 Å². The molecule has 0 aliphatic carbocycles. The molecular weight excluding hydrogens is 230 g/mol. The fraction of sp³-hybridized carbons (Fsp3) is 0.462. The number of phenols is 1. The van der Waals surface area contributed by atoms with E-state index in [1.807, 2.05) is 12.1 Å². The first-order valence-corrected chi connectivity index (χ1v) is 9.32. The predicted molar refractivity (Wildman–Crippen MR) is 74.5 cm³/mol. The monoisotopic (exact) mass is 251 g/mol. The fourth-order valence-electron chi connectivity index (χ4n) is 1.29. The van der Waals surface area contributed by atoms with E-state index in [0.29, 0.717) is 0 Å². The molecular formula is C13H21NO2Si. The molecule has 0 aromatic heterocycles. The Bertz CT molecular complexity index is 372. The van der Waals surface area contributed by atoms with Crippen molar-refractivity contribution in [1.29, 1.82) is 0 Å². The summed E-state index contributed by atoms with van der Waals surface area (Å²) in [5.74, 6) is 0.273. The Hall–Kier alpha value is -1.13. The molecule has 0 amide bonds. The van der Waals surface area contributed by atoms with Crippen molar-refractivity contribution in [3.63, 3.8) is 0 Å². The summed E-state index contributed by atoms with van der Waals surface area (Å²) in [6.07, 6.45) is 2.64. The molecule has 0 radical (unpaired) electrons. The Kier molecular flexibility index (Phi) is 5.38. The number of para-hydroxylation sites is 1. The van der Waals surface area contributed by atoms with Gasteiger partial charge in [-0.3, -0.25) is 4.99 Å². The molecule has 0 spiro atoms. The van der Waals surface area contributed by atoms with Crippen molar-refractivity contribution in [2.75, 3.05) is 13.2 Å². The van der Waals surface area contributed by atoms with E-state index in [9.17, 15) is 5.11 Å². The number of nitrogens with zero attached hydrogens (tertiary/aromatic N) is 1. The van der Waals surface area contributed by atoms with Gasteiger partial charge in [0.2, 0.25) is 0 Å². The number of rotatable bonds is 6. The number of aromatic hydroxyl groups is 1. The summed E-state index contributed by atoms with van der Waals surface area (Å²) in [7, 11) is -1.38. The molecule has 0 aliphatic heterocycles. The van der Waals surface area contributed by atoms with Gasteiger partial charge in [-0.15, -0.1) is 0 Å². The van der Waals surface area contributed by atoms with Crippen LogP contribution in [0.2, 0.25) is 19.6 Å². The first kappa shape index (κ1) is 13.9. The maximum atomic E-state index is 9.51. The Labute approximate surface area is 104 Å². The van der Waals surface area contributed by atoms with Crippen molar-refractivity contribution in [2.24, 2.45) is 4.99 Å². The number of hydrogen-bond acceptors (Lipinski definition) is 3. The van der Waals surface area contributed by atoms with Crippen LogP contribution in [0.4, 0.5) is 0 Å². The number of benzene rings is 1. The Balaban J connectivity index is 2.25. The highest BCUT2D eigenvalue weighted by atomic mass is 28.4. The maximum Gasteiger partial charge on any atom is 0.183 e. The van der Waals surface area contributed by atoms with Crippen molar-refractivity contribution in [1.82, 2.24) is 0 Å². The molecule has 1 aromatic carbocycles. The lowest BCUT2D eigenvalue weighted by molar-refractivity contribution is 0.307. The zero-order valence-electron chi connectivity index (χ0n) is 10.8. The zero-order chi connectivity index (χ0) is 12.7. The van der Waals surface area contributed by atoms with Crippen LogP contribution < -0.4 is 0 Å². The lowest BCUT2D eigenvalue weighted by atomic mass is 10.2. The van der Waals surface area contributed by atoms with Gasteiger partial charge < -0.3 is 9.53 Å². The number of hydrogen-bond donors (Lipinski definition) is 1. The molecule has 0 aliphatic rings. The summed E-state index contributed by atoms with van der Waals surface area (Å²) in [6.45, 7) is 8.04. The van der Waals surface area contributed by atoms with Crippen LogP contribution in [0, 0.1) is 0 Å². The van der Waals surface area contributed by atoms with Crippen LogP contribution in [0.25, 0.3) is 0 Å². The van der Waals surface area contributed by atoms with Gasteiger partial charge in [-0.1, -0.05) is 12.1 Å². The molecule has 3 nitrogen and oxygen atoms in total. The summed E-state index contributed by atoms with van der Waals surface area (Å²) in [6, 6.07) is 7.19. The first-order valence-electron chi connectivity index (χ1n) is 5.91. The van der Waals surface area contributed by atoms with Crippen molar-refractivity contribution in [2.45, 2.75) is 26.1 Å². The van der Waals surface area contributed by atoms with Crippen molar-refractivity contribution in [3.05, 3.63) is 29.8 Å². The Morgan fingerprint density at radius 2 is 2.00 bits per heavy atom. The van der Waals surface area contributed by atoms with Crippen LogP contribution >= 0.6 is 0 Å². The minimum atomic E-state index is -1.38. The molecule has 0 atom stereocenters. The van der Waals surface area contributed by atoms with Crippen molar-refractivity contribution < 1.29 is 9.53 Å². The molecule has 17 heavy (non-hydrogen) atoms. The molecule has 0 saturated heterocycles. The van der Waals surface area contributed by atoms with E-state index in [-0.39, 0.29) is 5.75 Å². The summed E-state index contributed by atoms with van der Waals surface area (Å²) in [5, 5.41) is 9.51. The van der Waals surface area contributed by atoms with Gasteiger partial charge in [-0.25, -0.2) is 0 Å². The Morgan fingerprint density at radius 1 is 1.29 bits per heavy atom. The van der Waals surface area contributed by atoms with Gasteiger partial charge in [0.05, 0.1) is 0 Å². The fourth-order valence-corrected chi connectivity index (χ4v) is 2.05. The molecule has 0 fully saturated rings. The topological polar surface area (TPSA) is 41.8 Å². The van der Waals surface area contributed by atoms with Crippen LogP contribution in [0.15, 0.2) is 29.3 Å². The lowest BCUT2D eigenvalue weighted by Crippen LogP contribution is -2.25. The summed E-state index contributed by atoms with van der Waals surface area (Å²) >= 11 is 0. The van der Waals surface area contributed by atoms with Crippen LogP contribution in [-0.2, 0) is 4.43 Å². The minimum absolute atomic E-state index is 0.273. The third kappa shape index (κ3) is 6.24. The van der Waals surface area contributed by atoms with E-state index in [4.69, 9.17) is 4.43 Å². The second-order valence-electron chi connectivity index (χ2n) is 4.91. The average Bonchev–Trinajstić information content (AvgIpc) is 2.24. The molecule has 0 bridgehead atoms. The van der Waals surface area contributed by atoms with Gasteiger partial charge >= 0.3 is 0 Å². The third-order valence-corrected chi connectivity index (χ3v) is 3.20. The van der Waals surface area contributed by atoms with Gasteiger partial charge in [-0.05, 0) is 38.2 Å². The van der Waals surface area contributed by atoms with Gasteiger partial charge in [0, 0.05) is 24.9 Å². The summed E-state index contributed by atoms with van der Waals surface area (Å²) < 4.78 is 5.72. The van der Waals surface area contributed by atoms with E-state index in [1.165, 1.54) is 0 Å². The highest BCUT2D eigenvalue weighted by molar-refractivity contribution is 6.69. The van der Waals surface area contributed by atoms with Crippen LogP contribution in [0.5, 0.6) is 5.75 Å². The molecule has 0 unspecified atom stereocenters. The van der Waals surface area contributed by atoms with E-state index in [0.717, 1.165) is 25.1 Å². The second-order valence-corrected chi connectivity index (χ2v) is 9.42. The summed E-state index contributed by atoms with van der Waals surface area (Å²) in [4.78, 5) is 4.27. The number of aliphatic imine (C=N–C) groups is 1.